The van der Waals surface area contributed by atoms with E-state index in [1.165, 1.54) is 11.1 Å². The van der Waals surface area contributed by atoms with E-state index in [1.54, 1.807) is 12.0 Å². The molecule has 0 atom stereocenters. The average Bonchev–Trinajstić information content (AvgIpc) is 3.16. The topological polar surface area (TPSA) is 43.7 Å². The Morgan fingerprint density at radius 3 is 2.62 bits per heavy atom. The largest absolute Gasteiger partial charge is 0.484 e. The van der Waals surface area contributed by atoms with Crippen LogP contribution in [0.1, 0.15) is 16.8 Å². The van der Waals surface area contributed by atoms with E-state index in [0.29, 0.717) is 25.4 Å². The fourth-order valence-corrected chi connectivity index (χ4v) is 3.20. The number of nitrogens with zero attached hydrogens (tertiary/aromatic N) is 2. The Balaban J connectivity index is 1.66. The van der Waals surface area contributed by atoms with Gasteiger partial charge in [0.1, 0.15) is 5.75 Å². The molecule has 0 spiro atoms. The quantitative estimate of drug-likeness (QED) is 0.526. The van der Waals surface area contributed by atoms with Crippen molar-refractivity contribution in [3.8, 4) is 5.75 Å². The summed E-state index contributed by atoms with van der Waals surface area (Å²) in [6.45, 7) is 4.39. The van der Waals surface area contributed by atoms with Crippen molar-refractivity contribution >= 4 is 5.91 Å². The average molecular weight is 392 g/mol. The smallest absolute Gasteiger partial charge is 0.260 e. The summed E-state index contributed by atoms with van der Waals surface area (Å²) in [4.78, 5) is 14.6. The summed E-state index contributed by atoms with van der Waals surface area (Å²) < 4.78 is 13.0. The maximum absolute atomic E-state index is 12.8. The zero-order chi connectivity index (χ0) is 20.5. The van der Waals surface area contributed by atoms with E-state index in [1.807, 2.05) is 36.4 Å². The van der Waals surface area contributed by atoms with Crippen LogP contribution in [0.25, 0.3) is 0 Å². The minimum Gasteiger partial charge on any atom is -0.484 e. The van der Waals surface area contributed by atoms with Crippen LogP contribution in [0.2, 0.25) is 0 Å². The predicted octanol–water partition coefficient (Wildman–Crippen LogP) is 3.90. The van der Waals surface area contributed by atoms with Gasteiger partial charge in [-0.2, -0.15) is 0 Å². The number of hydrogen-bond acceptors (Lipinski definition) is 3. The maximum atomic E-state index is 12.8. The normalized spacial score (nSPS) is 10.7. The number of amides is 1. The van der Waals surface area contributed by atoms with Crippen molar-refractivity contribution in [2.24, 2.45) is 0 Å². The highest BCUT2D eigenvalue weighted by molar-refractivity contribution is 5.77. The number of rotatable bonds is 10. The lowest BCUT2D eigenvalue weighted by Gasteiger charge is -2.23. The molecule has 0 saturated carbocycles. The Labute approximate surface area is 172 Å². The number of hydrogen-bond donors (Lipinski definition) is 0. The molecule has 3 rings (SSSR count). The van der Waals surface area contributed by atoms with Crippen molar-refractivity contribution in [2.45, 2.75) is 20.0 Å². The van der Waals surface area contributed by atoms with Crippen molar-refractivity contribution in [1.29, 1.82) is 0 Å². The van der Waals surface area contributed by atoms with Crippen molar-refractivity contribution in [1.82, 2.24) is 9.47 Å². The number of para-hydroxylation sites is 1. The third-order valence-electron chi connectivity index (χ3n) is 4.74. The van der Waals surface area contributed by atoms with Crippen LogP contribution >= 0.6 is 0 Å². The Kier molecular flexibility index (Phi) is 7.47. The first kappa shape index (κ1) is 20.7. The highest BCUT2D eigenvalue weighted by Gasteiger charge is 2.16. The number of benzene rings is 2. The van der Waals surface area contributed by atoms with Crippen LogP contribution in [0, 0.1) is 6.92 Å². The molecule has 0 aliphatic rings. The molecule has 0 radical (unpaired) electrons. The molecule has 1 amide bonds. The molecule has 1 heterocycles. The van der Waals surface area contributed by atoms with Gasteiger partial charge in [-0.25, -0.2) is 0 Å². The zero-order valence-corrected chi connectivity index (χ0v) is 17.1. The summed E-state index contributed by atoms with van der Waals surface area (Å²) in [7, 11) is 1.64. The molecule has 29 heavy (non-hydrogen) atoms. The van der Waals surface area contributed by atoms with Gasteiger partial charge in [0.2, 0.25) is 0 Å². The van der Waals surface area contributed by atoms with Crippen molar-refractivity contribution in [3.63, 3.8) is 0 Å². The molecule has 0 aliphatic heterocycles. The molecule has 0 aliphatic carbocycles. The molecule has 2 aromatic carbocycles. The summed E-state index contributed by atoms with van der Waals surface area (Å²) >= 11 is 0. The minimum atomic E-state index is -0.0609. The van der Waals surface area contributed by atoms with E-state index in [2.05, 4.69) is 48.0 Å². The molecule has 0 N–H and O–H groups in total. The molecule has 0 saturated heterocycles. The number of ether oxygens (including phenoxy) is 2. The van der Waals surface area contributed by atoms with Crippen molar-refractivity contribution in [3.05, 3.63) is 89.7 Å². The maximum Gasteiger partial charge on any atom is 0.260 e. The van der Waals surface area contributed by atoms with Crippen LogP contribution in [-0.2, 0) is 22.6 Å². The first-order chi connectivity index (χ1) is 14.2. The highest BCUT2D eigenvalue weighted by Crippen LogP contribution is 2.13. The van der Waals surface area contributed by atoms with Crippen LogP contribution < -0.4 is 4.74 Å². The Bertz CT molecular complexity index is 905. The first-order valence-corrected chi connectivity index (χ1v) is 9.80. The highest BCUT2D eigenvalue weighted by atomic mass is 16.5. The lowest BCUT2D eigenvalue weighted by atomic mass is 10.1. The fraction of sp³-hybridized carbons (Fsp3) is 0.292. The van der Waals surface area contributed by atoms with Gasteiger partial charge < -0.3 is 18.9 Å². The number of aryl methyl sites for hydroxylation is 1. The van der Waals surface area contributed by atoms with E-state index >= 15 is 0 Å². The van der Waals surface area contributed by atoms with Gasteiger partial charge in [-0.05, 0) is 36.8 Å². The lowest BCUT2D eigenvalue weighted by Crippen LogP contribution is -2.37. The third-order valence-corrected chi connectivity index (χ3v) is 4.74. The number of methoxy groups -OCH3 is 1. The Morgan fingerprint density at radius 1 is 1.03 bits per heavy atom. The van der Waals surface area contributed by atoms with E-state index in [0.717, 1.165) is 12.2 Å². The number of carbonyl (C=O) groups is 1. The molecule has 0 bridgehead atoms. The lowest BCUT2D eigenvalue weighted by molar-refractivity contribution is -0.134. The molecule has 1 aromatic heterocycles. The van der Waals surface area contributed by atoms with Gasteiger partial charge in [-0.1, -0.05) is 48.0 Å². The van der Waals surface area contributed by atoms with Gasteiger partial charge in [-0.15, -0.1) is 0 Å². The summed E-state index contributed by atoms with van der Waals surface area (Å²) in [5, 5.41) is 0. The zero-order valence-electron chi connectivity index (χ0n) is 17.1. The van der Waals surface area contributed by atoms with Gasteiger partial charge in [0.25, 0.3) is 5.91 Å². The second-order valence-electron chi connectivity index (χ2n) is 7.03. The van der Waals surface area contributed by atoms with Crippen molar-refractivity contribution in [2.75, 3.05) is 26.9 Å². The van der Waals surface area contributed by atoms with E-state index in [-0.39, 0.29) is 12.5 Å². The molecule has 3 aromatic rings. The van der Waals surface area contributed by atoms with Crippen LogP contribution in [0.5, 0.6) is 5.75 Å². The van der Waals surface area contributed by atoms with Gasteiger partial charge in [0.05, 0.1) is 13.2 Å². The van der Waals surface area contributed by atoms with Gasteiger partial charge in [0.15, 0.2) is 6.61 Å². The third kappa shape index (κ3) is 6.22. The van der Waals surface area contributed by atoms with Gasteiger partial charge >= 0.3 is 0 Å². The van der Waals surface area contributed by atoms with Gasteiger partial charge in [0, 0.05) is 32.1 Å². The monoisotopic (exact) mass is 392 g/mol. The van der Waals surface area contributed by atoms with Crippen molar-refractivity contribution < 1.29 is 14.3 Å². The summed E-state index contributed by atoms with van der Waals surface area (Å²) in [6, 6.07) is 21.9. The fourth-order valence-electron chi connectivity index (χ4n) is 3.20. The van der Waals surface area contributed by atoms with Crippen LogP contribution in [0.15, 0.2) is 72.9 Å². The van der Waals surface area contributed by atoms with Crippen LogP contribution in [0.3, 0.4) is 0 Å². The van der Waals surface area contributed by atoms with E-state index in [4.69, 9.17) is 9.47 Å². The Hall–Kier alpha value is -3.05. The number of carbonyl (C=O) groups excluding carboxylic acids is 1. The molecule has 5 heteroatoms. The summed E-state index contributed by atoms with van der Waals surface area (Å²) in [5.41, 5.74) is 3.56. The van der Waals surface area contributed by atoms with Crippen LogP contribution in [-0.4, -0.2) is 42.2 Å². The standard InChI is InChI=1S/C24H28N2O3/c1-20-8-6-9-21(16-20)17-25-13-7-10-22(25)18-26(14-15-28-2)24(27)19-29-23-11-4-3-5-12-23/h3-13,16H,14-15,17-19H2,1-2H3. The molecular weight excluding hydrogens is 364 g/mol. The second-order valence-corrected chi connectivity index (χ2v) is 7.03. The molecule has 152 valence electrons. The Morgan fingerprint density at radius 2 is 1.86 bits per heavy atom. The molecule has 0 unspecified atom stereocenters. The SMILES string of the molecule is COCCN(Cc1cccn1Cc1cccc(C)c1)C(=O)COc1ccccc1. The molecular formula is C24H28N2O3. The summed E-state index contributed by atoms with van der Waals surface area (Å²) in [5.74, 6) is 0.629. The van der Waals surface area contributed by atoms with Crippen LogP contribution in [0.4, 0.5) is 0 Å². The van der Waals surface area contributed by atoms with Gasteiger partial charge in [-0.3, -0.25) is 4.79 Å². The van der Waals surface area contributed by atoms with E-state index in [9.17, 15) is 4.79 Å². The molecule has 5 nitrogen and oxygen atoms in total. The minimum absolute atomic E-state index is 0.00627. The second kappa shape index (κ2) is 10.5. The van der Waals surface area contributed by atoms with E-state index < -0.39 is 0 Å². The predicted molar refractivity (Wildman–Crippen MR) is 114 cm³/mol. The number of aromatic nitrogens is 1. The molecule has 0 fully saturated rings. The first-order valence-electron chi connectivity index (χ1n) is 9.80. The summed E-state index contributed by atoms with van der Waals surface area (Å²) in [6.07, 6.45) is 2.05.